The van der Waals surface area contributed by atoms with Crippen molar-refractivity contribution in [3.63, 3.8) is 0 Å². The molecule has 16 heavy (non-hydrogen) atoms. The van der Waals surface area contributed by atoms with E-state index in [1.165, 1.54) is 71.1 Å². The minimum absolute atomic E-state index is 0.865. The highest BCUT2D eigenvalue weighted by molar-refractivity contribution is 4.76. The lowest BCUT2D eigenvalue weighted by molar-refractivity contribution is 0.153. The molecule has 1 fully saturated rings. The molecule has 2 heteroatoms. The summed E-state index contributed by atoms with van der Waals surface area (Å²) in [6.45, 7) is 9.52. The van der Waals surface area contributed by atoms with Crippen molar-refractivity contribution >= 4 is 0 Å². The van der Waals surface area contributed by atoms with Gasteiger partial charge in [0.15, 0.2) is 0 Å². The molecule has 0 bridgehead atoms. The Balaban J connectivity index is 2.22. The predicted molar refractivity (Wildman–Crippen MR) is 71.9 cm³/mol. The lowest BCUT2D eigenvalue weighted by Gasteiger charge is -2.35. The van der Waals surface area contributed by atoms with E-state index >= 15 is 0 Å². The van der Waals surface area contributed by atoms with Crippen LogP contribution in [0.25, 0.3) is 0 Å². The first-order valence-electron chi connectivity index (χ1n) is 7.33. The number of hydrogen-bond donors (Lipinski definition) is 1. The molecule has 0 aliphatic carbocycles. The van der Waals surface area contributed by atoms with E-state index in [-0.39, 0.29) is 0 Å². The molecule has 1 N–H and O–H groups in total. The molecule has 0 saturated carbocycles. The quantitative estimate of drug-likeness (QED) is 0.640. The summed E-state index contributed by atoms with van der Waals surface area (Å²) in [5.74, 6) is 0. The van der Waals surface area contributed by atoms with Gasteiger partial charge in [0, 0.05) is 32.2 Å². The van der Waals surface area contributed by atoms with E-state index in [0.717, 1.165) is 6.04 Å². The lowest BCUT2D eigenvalue weighted by Crippen LogP contribution is -2.48. The highest BCUT2D eigenvalue weighted by Gasteiger charge is 2.18. The molecule has 1 unspecified atom stereocenters. The summed E-state index contributed by atoms with van der Waals surface area (Å²) in [5, 5.41) is 3.45. The molecular weight excluding hydrogens is 196 g/mol. The first-order chi connectivity index (χ1) is 7.88. The standard InChI is InChI=1S/C14H30N2/c1-3-5-6-7-9-14(8-4-2)16-12-10-15-11-13-16/h14-15H,3-13H2,1-2H3. The van der Waals surface area contributed by atoms with Gasteiger partial charge in [0.25, 0.3) is 0 Å². The summed E-state index contributed by atoms with van der Waals surface area (Å²) in [7, 11) is 0. The van der Waals surface area contributed by atoms with Crippen LogP contribution >= 0.6 is 0 Å². The maximum absolute atomic E-state index is 3.45. The second-order valence-corrected chi connectivity index (χ2v) is 5.08. The third-order valence-electron chi connectivity index (χ3n) is 3.68. The molecule has 1 heterocycles. The highest BCUT2D eigenvalue weighted by Crippen LogP contribution is 2.16. The van der Waals surface area contributed by atoms with Crippen LogP contribution in [0.15, 0.2) is 0 Å². The summed E-state index contributed by atoms with van der Waals surface area (Å²) in [6, 6.07) is 0.865. The van der Waals surface area contributed by atoms with Gasteiger partial charge in [-0.3, -0.25) is 4.90 Å². The second-order valence-electron chi connectivity index (χ2n) is 5.08. The molecule has 0 aromatic heterocycles. The minimum atomic E-state index is 0.865. The summed E-state index contributed by atoms with van der Waals surface area (Å²) >= 11 is 0. The number of hydrogen-bond acceptors (Lipinski definition) is 2. The van der Waals surface area contributed by atoms with E-state index in [4.69, 9.17) is 0 Å². The van der Waals surface area contributed by atoms with E-state index in [2.05, 4.69) is 24.1 Å². The first kappa shape index (κ1) is 14.0. The van der Waals surface area contributed by atoms with Gasteiger partial charge >= 0.3 is 0 Å². The molecule has 0 spiro atoms. The number of nitrogens with zero attached hydrogens (tertiary/aromatic N) is 1. The van der Waals surface area contributed by atoms with Gasteiger partial charge in [0.2, 0.25) is 0 Å². The fourth-order valence-electron chi connectivity index (χ4n) is 2.70. The third-order valence-corrected chi connectivity index (χ3v) is 3.68. The molecule has 0 aromatic carbocycles. The molecule has 1 rings (SSSR count). The number of rotatable bonds is 8. The maximum Gasteiger partial charge on any atom is 0.0110 e. The van der Waals surface area contributed by atoms with Crippen LogP contribution in [-0.2, 0) is 0 Å². The van der Waals surface area contributed by atoms with E-state index < -0.39 is 0 Å². The van der Waals surface area contributed by atoms with Crippen molar-refractivity contribution in [2.24, 2.45) is 0 Å². The van der Waals surface area contributed by atoms with Gasteiger partial charge in [0.05, 0.1) is 0 Å². The van der Waals surface area contributed by atoms with Crippen molar-refractivity contribution < 1.29 is 0 Å². The molecule has 0 aromatic rings. The molecule has 0 radical (unpaired) electrons. The van der Waals surface area contributed by atoms with Gasteiger partial charge in [0.1, 0.15) is 0 Å². The zero-order chi connectivity index (χ0) is 11.6. The largest absolute Gasteiger partial charge is 0.314 e. The number of piperazine rings is 1. The average molecular weight is 226 g/mol. The summed E-state index contributed by atoms with van der Waals surface area (Å²) in [6.07, 6.45) is 9.79. The number of nitrogens with one attached hydrogen (secondary N) is 1. The normalized spacial score (nSPS) is 19.9. The lowest BCUT2D eigenvalue weighted by atomic mass is 10.0. The second kappa shape index (κ2) is 9.00. The van der Waals surface area contributed by atoms with E-state index in [1.54, 1.807) is 0 Å². The van der Waals surface area contributed by atoms with Crippen LogP contribution in [0.5, 0.6) is 0 Å². The molecule has 1 saturated heterocycles. The third kappa shape index (κ3) is 5.31. The Labute approximate surface area is 102 Å². The highest BCUT2D eigenvalue weighted by atomic mass is 15.2. The van der Waals surface area contributed by atoms with Crippen LogP contribution in [0.2, 0.25) is 0 Å². The summed E-state index contributed by atoms with van der Waals surface area (Å²) in [5.41, 5.74) is 0. The molecule has 1 aliphatic rings. The maximum atomic E-state index is 3.45. The Morgan fingerprint density at radius 1 is 0.938 bits per heavy atom. The molecule has 1 atom stereocenters. The Morgan fingerprint density at radius 3 is 2.31 bits per heavy atom. The zero-order valence-corrected chi connectivity index (χ0v) is 11.3. The minimum Gasteiger partial charge on any atom is -0.314 e. The predicted octanol–water partition coefficient (Wildman–Crippen LogP) is 3.03. The van der Waals surface area contributed by atoms with E-state index in [9.17, 15) is 0 Å². The van der Waals surface area contributed by atoms with Crippen LogP contribution in [0.1, 0.15) is 58.8 Å². The van der Waals surface area contributed by atoms with Crippen LogP contribution in [0.3, 0.4) is 0 Å². The van der Waals surface area contributed by atoms with Gasteiger partial charge in [-0.05, 0) is 12.8 Å². The van der Waals surface area contributed by atoms with Gasteiger partial charge in [-0.15, -0.1) is 0 Å². The zero-order valence-electron chi connectivity index (χ0n) is 11.3. The van der Waals surface area contributed by atoms with Crippen LogP contribution in [0, 0.1) is 0 Å². The fraction of sp³-hybridized carbons (Fsp3) is 1.00. The fourth-order valence-corrected chi connectivity index (χ4v) is 2.70. The van der Waals surface area contributed by atoms with Gasteiger partial charge in [-0.2, -0.15) is 0 Å². The van der Waals surface area contributed by atoms with E-state index in [1.807, 2.05) is 0 Å². The average Bonchev–Trinajstić information content (AvgIpc) is 2.34. The van der Waals surface area contributed by atoms with Gasteiger partial charge in [-0.1, -0.05) is 46.0 Å². The Morgan fingerprint density at radius 2 is 1.69 bits per heavy atom. The summed E-state index contributed by atoms with van der Waals surface area (Å²) in [4.78, 5) is 2.71. The summed E-state index contributed by atoms with van der Waals surface area (Å²) < 4.78 is 0. The van der Waals surface area contributed by atoms with Crippen molar-refractivity contribution in [1.29, 1.82) is 0 Å². The van der Waals surface area contributed by atoms with Crippen molar-refractivity contribution in [1.82, 2.24) is 10.2 Å². The van der Waals surface area contributed by atoms with Crippen LogP contribution < -0.4 is 5.32 Å². The molecule has 2 nitrogen and oxygen atoms in total. The van der Waals surface area contributed by atoms with Crippen LogP contribution in [0.4, 0.5) is 0 Å². The van der Waals surface area contributed by atoms with Crippen molar-refractivity contribution in [3.05, 3.63) is 0 Å². The SMILES string of the molecule is CCCCCCC(CCC)N1CCNCC1. The van der Waals surface area contributed by atoms with E-state index in [0.29, 0.717) is 0 Å². The Kier molecular flexibility index (Phi) is 7.87. The molecule has 0 amide bonds. The van der Waals surface area contributed by atoms with Crippen LogP contribution in [-0.4, -0.2) is 37.1 Å². The monoisotopic (exact) mass is 226 g/mol. The Hall–Kier alpha value is -0.0800. The molecule has 96 valence electrons. The first-order valence-corrected chi connectivity index (χ1v) is 7.33. The molecule has 1 aliphatic heterocycles. The number of unbranched alkanes of at least 4 members (excludes halogenated alkanes) is 3. The van der Waals surface area contributed by atoms with Gasteiger partial charge in [-0.25, -0.2) is 0 Å². The topological polar surface area (TPSA) is 15.3 Å². The van der Waals surface area contributed by atoms with Crippen molar-refractivity contribution in [2.45, 2.75) is 64.8 Å². The van der Waals surface area contributed by atoms with Crippen molar-refractivity contribution in [2.75, 3.05) is 26.2 Å². The smallest absolute Gasteiger partial charge is 0.0110 e. The van der Waals surface area contributed by atoms with Gasteiger partial charge < -0.3 is 5.32 Å². The molecular formula is C14H30N2. The van der Waals surface area contributed by atoms with Crippen molar-refractivity contribution in [3.8, 4) is 0 Å². The Bertz CT molecular complexity index is 153.